The van der Waals surface area contributed by atoms with Crippen LogP contribution < -0.4 is 5.32 Å². The molecule has 0 bridgehead atoms. The number of ketones is 1. The van der Waals surface area contributed by atoms with Crippen molar-refractivity contribution in [2.75, 3.05) is 6.61 Å². The topological polar surface area (TPSA) is 110 Å². The Morgan fingerprint density at radius 1 is 0.960 bits per heavy atom. The summed E-state index contributed by atoms with van der Waals surface area (Å²) in [6.45, 7) is 0.317. The second-order valence-electron chi connectivity index (χ2n) is 6.51. The molecule has 1 fully saturated rings. The molecule has 7 nitrogen and oxygen atoms in total. The second-order valence-corrected chi connectivity index (χ2v) is 6.51. The van der Waals surface area contributed by atoms with Gasteiger partial charge in [0.15, 0.2) is 0 Å². The van der Waals surface area contributed by atoms with E-state index >= 15 is 0 Å². The molecular formula is C18H29NO6. The molecule has 0 radical (unpaired) electrons. The van der Waals surface area contributed by atoms with Crippen molar-refractivity contribution in [1.82, 2.24) is 5.32 Å². The summed E-state index contributed by atoms with van der Waals surface area (Å²) in [6, 6.07) is -0.601. The molecule has 142 valence electrons. The van der Waals surface area contributed by atoms with E-state index in [1.54, 1.807) is 0 Å². The lowest BCUT2D eigenvalue weighted by Crippen LogP contribution is -2.38. The van der Waals surface area contributed by atoms with Gasteiger partial charge >= 0.3 is 11.9 Å². The molecule has 0 unspecified atom stereocenters. The van der Waals surface area contributed by atoms with Crippen LogP contribution in [-0.2, 0) is 23.9 Å². The third-order valence-corrected chi connectivity index (χ3v) is 4.22. The molecule has 0 aromatic carbocycles. The van der Waals surface area contributed by atoms with Crippen LogP contribution in [0.1, 0.15) is 77.0 Å². The average molecular weight is 355 g/mol. The lowest BCUT2D eigenvalue weighted by atomic mass is 10.0. The molecule has 25 heavy (non-hydrogen) atoms. The van der Waals surface area contributed by atoms with Gasteiger partial charge in [0, 0.05) is 19.3 Å². The number of ether oxygens (including phenoxy) is 1. The maximum Gasteiger partial charge on any atom is 0.328 e. The summed E-state index contributed by atoms with van der Waals surface area (Å²) in [5, 5.41) is 11.1. The number of amides is 1. The molecular weight excluding hydrogens is 326 g/mol. The summed E-state index contributed by atoms with van der Waals surface area (Å²) in [7, 11) is 0. The molecule has 0 aliphatic carbocycles. The number of cyclic esters (lactones) is 1. The van der Waals surface area contributed by atoms with Crippen molar-refractivity contribution < 1.29 is 29.0 Å². The number of carbonyl (C=O) groups excluding carboxylic acids is 3. The highest BCUT2D eigenvalue weighted by Crippen LogP contribution is 2.11. The van der Waals surface area contributed by atoms with Gasteiger partial charge in [-0.1, -0.05) is 38.5 Å². The highest BCUT2D eigenvalue weighted by Gasteiger charge is 2.28. The standard InChI is InChI=1S/C18H29NO6/c20-14(13-16(21)19-15-11-12-25-18(15)24)9-7-5-3-1-2-4-6-8-10-17(22)23/h15H,1-13H2,(H,19,21)(H,22,23)/t15-/m0/s1. The molecule has 1 atom stereocenters. The van der Waals surface area contributed by atoms with Gasteiger partial charge in [-0.15, -0.1) is 0 Å². The minimum atomic E-state index is -0.735. The van der Waals surface area contributed by atoms with Crippen molar-refractivity contribution in [2.45, 2.75) is 83.1 Å². The van der Waals surface area contributed by atoms with Gasteiger partial charge < -0.3 is 15.2 Å². The Labute approximate surface area is 148 Å². The maximum absolute atomic E-state index is 11.7. The van der Waals surface area contributed by atoms with Crippen LogP contribution in [0.2, 0.25) is 0 Å². The number of hydrogen-bond donors (Lipinski definition) is 2. The van der Waals surface area contributed by atoms with Gasteiger partial charge in [0.2, 0.25) is 5.91 Å². The zero-order chi connectivity index (χ0) is 18.5. The van der Waals surface area contributed by atoms with Gasteiger partial charge in [0.05, 0.1) is 13.0 Å². The Hall–Kier alpha value is -1.92. The zero-order valence-electron chi connectivity index (χ0n) is 14.8. The Kier molecular flexibility index (Phi) is 10.5. The Balaban J connectivity index is 1.92. The number of carboxylic acid groups (broad SMARTS) is 1. The molecule has 7 heteroatoms. The first-order valence-corrected chi connectivity index (χ1v) is 9.18. The van der Waals surface area contributed by atoms with Crippen molar-refractivity contribution >= 4 is 23.6 Å². The molecule has 0 aromatic rings. The molecule has 0 spiro atoms. The van der Waals surface area contributed by atoms with Crippen LogP contribution >= 0.6 is 0 Å². The first kappa shape index (κ1) is 21.1. The summed E-state index contributed by atoms with van der Waals surface area (Å²) in [4.78, 5) is 45.0. The summed E-state index contributed by atoms with van der Waals surface area (Å²) in [5.74, 6) is -1.67. The number of rotatable bonds is 14. The number of hydrogen-bond acceptors (Lipinski definition) is 5. The number of esters is 1. The third kappa shape index (κ3) is 10.5. The van der Waals surface area contributed by atoms with E-state index < -0.39 is 23.9 Å². The lowest BCUT2D eigenvalue weighted by Gasteiger charge is -2.08. The van der Waals surface area contributed by atoms with Gasteiger partial charge in [0.25, 0.3) is 0 Å². The second kappa shape index (κ2) is 12.4. The molecule has 2 N–H and O–H groups in total. The van der Waals surface area contributed by atoms with E-state index in [0.717, 1.165) is 51.4 Å². The van der Waals surface area contributed by atoms with Crippen LogP contribution in [0.3, 0.4) is 0 Å². The summed E-state index contributed by atoms with van der Waals surface area (Å²) in [6.07, 6.45) is 8.63. The molecule has 0 saturated carbocycles. The van der Waals surface area contributed by atoms with Gasteiger partial charge in [-0.25, -0.2) is 4.79 Å². The lowest BCUT2D eigenvalue weighted by molar-refractivity contribution is -0.142. The quantitative estimate of drug-likeness (QED) is 0.281. The first-order chi connectivity index (χ1) is 12.0. The highest BCUT2D eigenvalue weighted by atomic mass is 16.5. The van der Waals surface area contributed by atoms with E-state index in [4.69, 9.17) is 9.84 Å². The summed E-state index contributed by atoms with van der Waals surface area (Å²) < 4.78 is 4.75. The first-order valence-electron chi connectivity index (χ1n) is 9.18. The minimum absolute atomic E-state index is 0.0995. The predicted molar refractivity (Wildman–Crippen MR) is 90.9 cm³/mol. The van der Waals surface area contributed by atoms with Crippen molar-refractivity contribution in [2.24, 2.45) is 0 Å². The molecule has 0 aromatic heterocycles. The minimum Gasteiger partial charge on any atom is -0.481 e. The normalized spacial score (nSPS) is 16.5. The van der Waals surface area contributed by atoms with E-state index in [0.29, 0.717) is 19.4 Å². The smallest absolute Gasteiger partial charge is 0.328 e. The van der Waals surface area contributed by atoms with E-state index in [-0.39, 0.29) is 18.6 Å². The van der Waals surface area contributed by atoms with Gasteiger partial charge in [0.1, 0.15) is 11.8 Å². The molecule has 1 rings (SSSR count). The SMILES string of the molecule is O=C(O)CCCCCCCCCCC(=O)CC(=O)N[C@H]1CCOC1=O. The number of nitrogens with one attached hydrogen (secondary N) is 1. The molecule has 1 aliphatic heterocycles. The largest absolute Gasteiger partial charge is 0.481 e. The summed E-state index contributed by atoms with van der Waals surface area (Å²) >= 11 is 0. The van der Waals surface area contributed by atoms with E-state index in [9.17, 15) is 19.2 Å². The van der Waals surface area contributed by atoms with Crippen LogP contribution in [0.4, 0.5) is 0 Å². The predicted octanol–water partition coefficient (Wildman–Crippen LogP) is 2.36. The van der Waals surface area contributed by atoms with Gasteiger partial charge in [-0.05, 0) is 12.8 Å². The van der Waals surface area contributed by atoms with Crippen LogP contribution in [0.5, 0.6) is 0 Å². The Morgan fingerprint density at radius 3 is 2.04 bits per heavy atom. The molecule has 1 heterocycles. The van der Waals surface area contributed by atoms with Crippen LogP contribution in [0, 0.1) is 0 Å². The molecule has 1 aliphatic rings. The number of aliphatic carboxylic acids is 1. The average Bonchev–Trinajstić information content (AvgIpc) is 2.93. The number of carbonyl (C=O) groups is 4. The van der Waals surface area contributed by atoms with Crippen LogP contribution in [0.25, 0.3) is 0 Å². The van der Waals surface area contributed by atoms with Crippen LogP contribution in [0.15, 0.2) is 0 Å². The van der Waals surface area contributed by atoms with Gasteiger partial charge in [-0.3, -0.25) is 14.4 Å². The highest BCUT2D eigenvalue weighted by molar-refractivity contribution is 5.99. The zero-order valence-corrected chi connectivity index (χ0v) is 14.8. The molecule has 1 amide bonds. The van der Waals surface area contributed by atoms with Crippen molar-refractivity contribution in [3.05, 3.63) is 0 Å². The van der Waals surface area contributed by atoms with Crippen molar-refractivity contribution in [3.63, 3.8) is 0 Å². The fraction of sp³-hybridized carbons (Fsp3) is 0.778. The maximum atomic E-state index is 11.7. The Bertz CT molecular complexity index is 462. The monoisotopic (exact) mass is 355 g/mol. The fourth-order valence-electron chi connectivity index (χ4n) is 2.80. The van der Waals surface area contributed by atoms with Crippen LogP contribution in [-0.4, -0.2) is 41.4 Å². The Morgan fingerprint density at radius 2 is 1.52 bits per heavy atom. The van der Waals surface area contributed by atoms with E-state index in [1.165, 1.54) is 0 Å². The third-order valence-electron chi connectivity index (χ3n) is 4.22. The molecule has 1 saturated heterocycles. The van der Waals surface area contributed by atoms with E-state index in [2.05, 4.69) is 5.32 Å². The fourth-order valence-corrected chi connectivity index (χ4v) is 2.80. The van der Waals surface area contributed by atoms with E-state index in [1.807, 2.05) is 0 Å². The summed E-state index contributed by atoms with van der Waals surface area (Å²) in [5.41, 5.74) is 0. The van der Waals surface area contributed by atoms with Gasteiger partial charge in [-0.2, -0.15) is 0 Å². The number of unbranched alkanes of at least 4 members (excludes halogenated alkanes) is 7. The van der Waals surface area contributed by atoms with Crippen molar-refractivity contribution in [1.29, 1.82) is 0 Å². The van der Waals surface area contributed by atoms with Crippen molar-refractivity contribution in [3.8, 4) is 0 Å². The number of carboxylic acids is 1. The number of Topliss-reactive ketones (excluding diaryl/α,β-unsaturated/α-hetero) is 1.